The summed E-state index contributed by atoms with van der Waals surface area (Å²) < 4.78 is 5.25. The fourth-order valence-corrected chi connectivity index (χ4v) is 4.32. The summed E-state index contributed by atoms with van der Waals surface area (Å²) in [4.78, 5) is 25.0. The third-order valence-electron chi connectivity index (χ3n) is 6.53. The fourth-order valence-electron chi connectivity index (χ4n) is 4.32. The monoisotopic (exact) mass is 467 g/mol. The normalized spacial score (nSPS) is 11.2. The summed E-state index contributed by atoms with van der Waals surface area (Å²) in [6.07, 6.45) is 26.8. The summed E-state index contributed by atoms with van der Waals surface area (Å²) in [5.74, 6) is -0.0364. The molecule has 4 heteroatoms. The maximum Gasteiger partial charge on any atom is 0.305 e. The molecule has 0 unspecified atom stereocenters. The minimum absolute atomic E-state index is 0.0364. The van der Waals surface area contributed by atoms with Crippen LogP contribution in [0.1, 0.15) is 149 Å². The first-order chi connectivity index (χ1) is 16.2. The summed E-state index contributed by atoms with van der Waals surface area (Å²) in [6, 6.07) is 0. The SMILES string of the molecule is CCCCCCCCCCCCCCN(CC=O)CCCCCCCC(=O)OCCCCC. The lowest BCUT2D eigenvalue weighted by molar-refractivity contribution is -0.143. The maximum atomic E-state index is 11.7. The molecule has 0 aromatic heterocycles. The van der Waals surface area contributed by atoms with Gasteiger partial charge in [-0.2, -0.15) is 0 Å². The second-order valence-electron chi connectivity index (χ2n) is 9.80. The van der Waals surface area contributed by atoms with Gasteiger partial charge in [-0.05, 0) is 38.8 Å². The molecule has 0 aromatic carbocycles. The third-order valence-corrected chi connectivity index (χ3v) is 6.53. The van der Waals surface area contributed by atoms with Crippen LogP contribution in [0.4, 0.5) is 0 Å². The van der Waals surface area contributed by atoms with Gasteiger partial charge in [-0.15, -0.1) is 0 Å². The van der Waals surface area contributed by atoms with Crippen LogP contribution < -0.4 is 0 Å². The van der Waals surface area contributed by atoms with Gasteiger partial charge in [0.2, 0.25) is 0 Å². The lowest BCUT2D eigenvalue weighted by atomic mass is 10.1. The molecule has 0 aliphatic rings. The second kappa shape index (κ2) is 27.3. The Bertz CT molecular complexity index is 414. The molecule has 0 aromatic rings. The van der Waals surface area contributed by atoms with Crippen molar-refractivity contribution in [2.75, 3.05) is 26.2 Å². The molecule has 0 N–H and O–H groups in total. The number of aldehydes is 1. The molecule has 0 saturated heterocycles. The van der Waals surface area contributed by atoms with Gasteiger partial charge in [-0.25, -0.2) is 0 Å². The number of hydrogen-bond donors (Lipinski definition) is 0. The largest absolute Gasteiger partial charge is 0.466 e. The van der Waals surface area contributed by atoms with Gasteiger partial charge in [0.1, 0.15) is 6.29 Å². The molecule has 0 bridgehead atoms. The van der Waals surface area contributed by atoms with E-state index in [0.29, 0.717) is 19.6 Å². The molecule has 0 saturated carbocycles. The standard InChI is InChI=1S/C29H57NO3/c1-3-5-7-8-9-10-11-12-13-14-17-20-24-30(26-27-31)25-21-18-15-16-19-23-29(32)33-28-22-6-4-2/h27H,3-26,28H2,1-2H3. The zero-order valence-electron chi connectivity index (χ0n) is 22.4. The van der Waals surface area contributed by atoms with Crippen LogP contribution in [0.5, 0.6) is 0 Å². The van der Waals surface area contributed by atoms with Gasteiger partial charge in [0.25, 0.3) is 0 Å². The molecule has 0 radical (unpaired) electrons. The summed E-state index contributed by atoms with van der Waals surface area (Å²) >= 11 is 0. The van der Waals surface area contributed by atoms with E-state index in [9.17, 15) is 9.59 Å². The third kappa shape index (κ3) is 25.6. The zero-order chi connectivity index (χ0) is 24.2. The Kier molecular flexibility index (Phi) is 26.6. The Hall–Kier alpha value is -0.900. The number of carbonyl (C=O) groups is 2. The van der Waals surface area contributed by atoms with Crippen molar-refractivity contribution in [1.82, 2.24) is 4.90 Å². The molecule has 0 atom stereocenters. The molecule has 0 spiro atoms. The Morgan fingerprint density at radius 3 is 1.52 bits per heavy atom. The van der Waals surface area contributed by atoms with Crippen molar-refractivity contribution in [2.24, 2.45) is 0 Å². The van der Waals surface area contributed by atoms with Gasteiger partial charge in [0.15, 0.2) is 0 Å². The van der Waals surface area contributed by atoms with Crippen molar-refractivity contribution in [1.29, 1.82) is 0 Å². The number of hydrogen-bond acceptors (Lipinski definition) is 4. The first-order valence-electron chi connectivity index (χ1n) is 14.6. The quantitative estimate of drug-likeness (QED) is 0.0693. The summed E-state index contributed by atoms with van der Waals surface area (Å²) in [5.41, 5.74) is 0. The van der Waals surface area contributed by atoms with Gasteiger partial charge in [0.05, 0.1) is 13.2 Å². The molecule has 196 valence electrons. The lowest BCUT2D eigenvalue weighted by Gasteiger charge is -2.19. The van der Waals surface area contributed by atoms with Crippen LogP contribution in [0.3, 0.4) is 0 Å². The smallest absolute Gasteiger partial charge is 0.305 e. The van der Waals surface area contributed by atoms with E-state index in [-0.39, 0.29) is 5.97 Å². The van der Waals surface area contributed by atoms with Gasteiger partial charge in [-0.3, -0.25) is 9.69 Å². The van der Waals surface area contributed by atoms with Crippen LogP contribution in [0, 0.1) is 0 Å². The molecule has 0 aliphatic heterocycles. The van der Waals surface area contributed by atoms with Crippen LogP contribution >= 0.6 is 0 Å². The highest BCUT2D eigenvalue weighted by Crippen LogP contribution is 2.12. The number of ether oxygens (including phenoxy) is 1. The number of unbranched alkanes of at least 4 members (excludes halogenated alkanes) is 17. The summed E-state index contributed by atoms with van der Waals surface area (Å²) in [6.45, 7) is 7.66. The Morgan fingerprint density at radius 1 is 0.606 bits per heavy atom. The van der Waals surface area contributed by atoms with E-state index in [4.69, 9.17) is 4.74 Å². The van der Waals surface area contributed by atoms with Crippen molar-refractivity contribution in [3.8, 4) is 0 Å². The van der Waals surface area contributed by atoms with Crippen LogP contribution in [0.15, 0.2) is 0 Å². The van der Waals surface area contributed by atoms with E-state index in [1.807, 2.05) is 0 Å². The number of esters is 1. The summed E-state index contributed by atoms with van der Waals surface area (Å²) in [5, 5.41) is 0. The van der Waals surface area contributed by atoms with Crippen LogP contribution in [-0.4, -0.2) is 43.4 Å². The predicted molar refractivity (Wildman–Crippen MR) is 142 cm³/mol. The number of carbonyl (C=O) groups excluding carboxylic acids is 2. The molecule has 4 nitrogen and oxygen atoms in total. The number of rotatable bonds is 27. The topological polar surface area (TPSA) is 46.6 Å². The molecule has 0 aliphatic carbocycles. The predicted octanol–water partition coefficient (Wildman–Crippen LogP) is 8.26. The van der Waals surface area contributed by atoms with Crippen molar-refractivity contribution >= 4 is 12.3 Å². The first-order valence-corrected chi connectivity index (χ1v) is 14.6. The van der Waals surface area contributed by atoms with Crippen molar-refractivity contribution in [2.45, 2.75) is 149 Å². The Balaban J connectivity index is 3.49. The highest BCUT2D eigenvalue weighted by Gasteiger charge is 2.05. The van der Waals surface area contributed by atoms with Gasteiger partial charge in [0, 0.05) is 6.42 Å². The van der Waals surface area contributed by atoms with E-state index >= 15 is 0 Å². The van der Waals surface area contributed by atoms with Crippen LogP contribution in [-0.2, 0) is 14.3 Å². The average molecular weight is 468 g/mol. The second-order valence-corrected chi connectivity index (χ2v) is 9.80. The Morgan fingerprint density at radius 2 is 1.03 bits per heavy atom. The molecular formula is C29H57NO3. The number of nitrogens with zero attached hydrogens (tertiary/aromatic N) is 1. The maximum absolute atomic E-state index is 11.7. The minimum Gasteiger partial charge on any atom is -0.466 e. The van der Waals surface area contributed by atoms with E-state index in [0.717, 1.165) is 64.3 Å². The van der Waals surface area contributed by atoms with Gasteiger partial charge < -0.3 is 9.53 Å². The van der Waals surface area contributed by atoms with Crippen LogP contribution in [0.2, 0.25) is 0 Å². The van der Waals surface area contributed by atoms with Crippen molar-refractivity contribution in [3.05, 3.63) is 0 Å². The van der Waals surface area contributed by atoms with Crippen molar-refractivity contribution in [3.63, 3.8) is 0 Å². The van der Waals surface area contributed by atoms with Gasteiger partial charge in [-0.1, -0.05) is 117 Å². The molecule has 0 amide bonds. The Labute approximate surface area is 206 Å². The lowest BCUT2D eigenvalue weighted by Crippen LogP contribution is -2.28. The highest BCUT2D eigenvalue weighted by molar-refractivity contribution is 5.69. The van der Waals surface area contributed by atoms with Crippen molar-refractivity contribution < 1.29 is 14.3 Å². The molecule has 0 heterocycles. The van der Waals surface area contributed by atoms with Crippen LogP contribution in [0.25, 0.3) is 0 Å². The van der Waals surface area contributed by atoms with E-state index < -0.39 is 0 Å². The molecular weight excluding hydrogens is 410 g/mol. The molecule has 0 fully saturated rings. The molecule has 33 heavy (non-hydrogen) atoms. The fraction of sp³-hybridized carbons (Fsp3) is 0.931. The van der Waals surface area contributed by atoms with Gasteiger partial charge >= 0.3 is 5.97 Å². The zero-order valence-corrected chi connectivity index (χ0v) is 22.4. The van der Waals surface area contributed by atoms with E-state index in [1.165, 1.54) is 83.5 Å². The highest BCUT2D eigenvalue weighted by atomic mass is 16.5. The first kappa shape index (κ1) is 32.1. The average Bonchev–Trinajstić information content (AvgIpc) is 2.81. The summed E-state index contributed by atoms with van der Waals surface area (Å²) in [7, 11) is 0. The van der Waals surface area contributed by atoms with E-state index in [1.54, 1.807) is 0 Å². The molecule has 0 rings (SSSR count). The van der Waals surface area contributed by atoms with E-state index in [2.05, 4.69) is 18.7 Å². The minimum atomic E-state index is -0.0364.